The lowest BCUT2D eigenvalue weighted by atomic mass is 10.0. The molecule has 10 nitrogen and oxygen atoms in total. The quantitative estimate of drug-likeness (QED) is 0.142. The molecule has 52 heavy (non-hydrogen) atoms. The van der Waals surface area contributed by atoms with Crippen molar-refractivity contribution < 1.29 is 28.6 Å². The number of aliphatic hydroxyl groups excluding tert-OH is 1. The van der Waals surface area contributed by atoms with Crippen molar-refractivity contribution in [3.8, 4) is 28.1 Å². The number of amides is 2. The summed E-state index contributed by atoms with van der Waals surface area (Å²) in [6, 6.07) is 17.7. The minimum Gasteiger partial charge on any atom is -0.496 e. The third-order valence-corrected chi connectivity index (χ3v) is 9.75. The Bertz CT molecular complexity index is 1970. The van der Waals surface area contributed by atoms with Gasteiger partial charge in [-0.25, -0.2) is 9.18 Å². The van der Waals surface area contributed by atoms with Crippen molar-refractivity contribution in [2.24, 2.45) is 0 Å². The topological polar surface area (TPSA) is 116 Å². The van der Waals surface area contributed by atoms with Gasteiger partial charge in [-0.05, 0) is 51.5 Å². The zero-order chi connectivity index (χ0) is 37.2. The highest BCUT2D eigenvalue weighted by Crippen LogP contribution is 2.42. The maximum Gasteiger partial charge on any atom is 0.410 e. The zero-order valence-corrected chi connectivity index (χ0v) is 31.0. The molecule has 6 rings (SSSR count). The van der Waals surface area contributed by atoms with Gasteiger partial charge in [0.1, 0.15) is 11.4 Å². The van der Waals surface area contributed by atoms with Crippen molar-refractivity contribution in [3.05, 3.63) is 93.8 Å². The lowest BCUT2D eigenvalue weighted by Crippen LogP contribution is -2.49. The molecule has 2 aliphatic heterocycles. The van der Waals surface area contributed by atoms with E-state index in [9.17, 15) is 14.7 Å². The Balaban J connectivity index is 1.25. The second kappa shape index (κ2) is 15.7. The molecule has 0 bridgehead atoms. The van der Waals surface area contributed by atoms with Crippen LogP contribution in [0.25, 0.3) is 22.4 Å². The first-order chi connectivity index (χ1) is 24.8. The molecule has 0 saturated carbocycles. The van der Waals surface area contributed by atoms with Gasteiger partial charge in [0.2, 0.25) is 5.91 Å². The number of β-amino-alcohol motifs (C(OH)–C–C–N with tert-alkyl or cyclic N) is 1. The van der Waals surface area contributed by atoms with Gasteiger partial charge < -0.3 is 30.1 Å². The van der Waals surface area contributed by atoms with Crippen LogP contribution >= 0.6 is 23.2 Å². The standard InChI is InChI=1S/C39H42Cl2FN5O5/c1-39(2,3)52-38(50)47(20-26-13-14-33(49)44-26)19-24-12-11-23(17-32(24)51-4)37-35(41)29(15-16-43-37)28-8-6-9-30(34(28)40)45-31-10-5-7-25(36(31)42)18-46-21-27(48)22-46/h5-12,15-17,26-27,45,48H,13-14,18-22H2,1-4H3,(H,44,49)/t26-/m0/s1. The normalized spacial score (nSPS) is 16.3. The maximum absolute atomic E-state index is 15.5. The Morgan fingerprint density at radius 1 is 1.06 bits per heavy atom. The third-order valence-electron chi connectivity index (χ3n) is 8.96. The number of carbonyl (C=O) groups is 2. The minimum absolute atomic E-state index is 0.0357. The molecule has 3 heterocycles. The first-order valence-electron chi connectivity index (χ1n) is 17.1. The van der Waals surface area contributed by atoms with E-state index in [2.05, 4.69) is 15.6 Å². The fraction of sp³-hybridized carbons (Fsp3) is 0.359. The van der Waals surface area contributed by atoms with E-state index in [4.69, 9.17) is 32.7 Å². The SMILES string of the molecule is COc1cc(-c2nccc(-c3cccc(Nc4cccc(CN5CC(O)C5)c4F)c3Cl)c2Cl)ccc1CN(C[C@@H]1CCC(=O)N1)C(=O)OC(C)(C)C. The average molecular weight is 751 g/mol. The first-order valence-corrected chi connectivity index (χ1v) is 17.9. The summed E-state index contributed by atoms with van der Waals surface area (Å²) in [7, 11) is 1.55. The molecule has 1 aromatic heterocycles. The van der Waals surface area contributed by atoms with E-state index in [0.717, 1.165) is 5.56 Å². The molecular weight excluding hydrogens is 708 g/mol. The monoisotopic (exact) mass is 749 g/mol. The number of aliphatic hydroxyl groups is 1. The van der Waals surface area contributed by atoms with Crippen LogP contribution in [0, 0.1) is 5.82 Å². The van der Waals surface area contributed by atoms with E-state index in [1.54, 1.807) is 48.5 Å². The molecule has 274 valence electrons. The highest BCUT2D eigenvalue weighted by Gasteiger charge is 2.30. The van der Waals surface area contributed by atoms with Gasteiger partial charge in [0.25, 0.3) is 0 Å². The number of methoxy groups -OCH3 is 1. The summed E-state index contributed by atoms with van der Waals surface area (Å²) < 4.78 is 27.0. The Morgan fingerprint density at radius 2 is 1.79 bits per heavy atom. The molecule has 0 radical (unpaired) electrons. The van der Waals surface area contributed by atoms with Gasteiger partial charge in [-0.1, -0.05) is 59.6 Å². The summed E-state index contributed by atoms with van der Waals surface area (Å²) >= 11 is 14.0. The second-order valence-electron chi connectivity index (χ2n) is 14.1. The summed E-state index contributed by atoms with van der Waals surface area (Å²) in [6.45, 7) is 7.34. The number of pyridine rings is 1. The molecule has 3 aromatic carbocycles. The molecule has 0 aliphatic carbocycles. The van der Waals surface area contributed by atoms with Crippen molar-refractivity contribution >= 4 is 46.6 Å². The van der Waals surface area contributed by atoms with Crippen LogP contribution in [0.4, 0.5) is 20.6 Å². The molecule has 3 N–H and O–H groups in total. The van der Waals surface area contributed by atoms with Crippen molar-refractivity contribution in [2.45, 2.75) is 64.4 Å². The minimum atomic E-state index is -0.699. The number of likely N-dealkylation sites (tertiary alicyclic amines) is 1. The van der Waals surface area contributed by atoms with Crippen LogP contribution in [0.3, 0.4) is 0 Å². The summed E-state index contributed by atoms with van der Waals surface area (Å²) in [5.74, 6) is 0.0986. The highest BCUT2D eigenvalue weighted by molar-refractivity contribution is 6.39. The Hall–Kier alpha value is -4.42. The van der Waals surface area contributed by atoms with Gasteiger partial charge in [0.05, 0.1) is 46.9 Å². The van der Waals surface area contributed by atoms with Gasteiger partial charge in [0, 0.05) is 72.7 Å². The molecule has 13 heteroatoms. The third kappa shape index (κ3) is 8.61. The predicted octanol–water partition coefficient (Wildman–Crippen LogP) is 7.81. The number of benzene rings is 3. The summed E-state index contributed by atoms with van der Waals surface area (Å²) in [6.07, 6.45) is 1.83. The number of halogens is 3. The van der Waals surface area contributed by atoms with Crippen molar-refractivity contribution in [1.82, 2.24) is 20.1 Å². The molecule has 0 spiro atoms. The van der Waals surface area contributed by atoms with Gasteiger partial charge in [-0.2, -0.15) is 0 Å². The number of nitrogens with one attached hydrogen (secondary N) is 2. The molecule has 4 aromatic rings. The number of aromatic nitrogens is 1. The maximum atomic E-state index is 15.5. The second-order valence-corrected chi connectivity index (χ2v) is 14.9. The van der Waals surface area contributed by atoms with Crippen LogP contribution in [-0.4, -0.2) is 76.4 Å². The largest absolute Gasteiger partial charge is 0.496 e. The van der Waals surface area contributed by atoms with Crippen molar-refractivity contribution in [2.75, 3.05) is 32.1 Å². The molecule has 2 fully saturated rings. The van der Waals surface area contributed by atoms with Crippen LogP contribution in [0.15, 0.2) is 66.9 Å². The van der Waals surface area contributed by atoms with Gasteiger partial charge in [0.15, 0.2) is 5.82 Å². The van der Waals surface area contributed by atoms with Gasteiger partial charge in [-0.15, -0.1) is 0 Å². The lowest BCUT2D eigenvalue weighted by Gasteiger charge is -2.35. The number of nitrogens with zero attached hydrogens (tertiary/aromatic N) is 3. The Morgan fingerprint density at radius 3 is 2.48 bits per heavy atom. The van der Waals surface area contributed by atoms with Crippen molar-refractivity contribution in [1.29, 1.82) is 0 Å². The fourth-order valence-electron chi connectivity index (χ4n) is 6.38. The van der Waals surface area contributed by atoms with Gasteiger partial charge >= 0.3 is 6.09 Å². The number of carbonyl (C=O) groups excluding carboxylic acids is 2. The lowest BCUT2D eigenvalue weighted by molar-refractivity contribution is -0.119. The fourth-order valence-corrected chi connectivity index (χ4v) is 6.98. The van der Waals surface area contributed by atoms with Crippen LogP contribution in [0.5, 0.6) is 5.75 Å². The van der Waals surface area contributed by atoms with Crippen LogP contribution in [-0.2, 0) is 22.6 Å². The summed E-state index contributed by atoms with van der Waals surface area (Å²) in [5.41, 5.74) is 3.76. The van der Waals surface area contributed by atoms with Crippen LogP contribution in [0.1, 0.15) is 44.7 Å². The van der Waals surface area contributed by atoms with E-state index >= 15 is 4.39 Å². The molecule has 2 saturated heterocycles. The predicted molar refractivity (Wildman–Crippen MR) is 200 cm³/mol. The van der Waals surface area contributed by atoms with E-state index < -0.39 is 11.7 Å². The van der Waals surface area contributed by atoms with Gasteiger partial charge in [-0.3, -0.25) is 14.7 Å². The highest BCUT2D eigenvalue weighted by atomic mass is 35.5. The van der Waals surface area contributed by atoms with E-state index in [1.807, 2.05) is 56.0 Å². The molecule has 1 atom stereocenters. The number of anilines is 2. The number of hydrogen-bond donors (Lipinski definition) is 3. The number of rotatable bonds is 11. The summed E-state index contributed by atoms with van der Waals surface area (Å²) in [4.78, 5) is 33.3. The zero-order valence-electron chi connectivity index (χ0n) is 29.5. The summed E-state index contributed by atoms with van der Waals surface area (Å²) in [5, 5.41) is 16.4. The average Bonchev–Trinajstić information content (AvgIpc) is 3.50. The Kier molecular flexibility index (Phi) is 11.3. The van der Waals surface area contributed by atoms with E-state index in [0.29, 0.717) is 81.9 Å². The molecule has 2 aliphatic rings. The smallest absolute Gasteiger partial charge is 0.410 e. The Labute approximate surface area is 312 Å². The van der Waals surface area contributed by atoms with E-state index in [-0.39, 0.29) is 42.6 Å². The molecular formula is C39H42Cl2FN5O5. The van der Waals surface area contributed by atoms with E-state index in [1.165, 1.54) is 0 Å². The van der Waals surface area contributed by atoms with Crippen LogP contribution < -0.4 is 15.4 Å². The number of ether oxygens (including phenoxy) is 2. The molecule has 0 unspecified atom stereocenters. The first kappa shape index (κ1) is 37.3. The molecule has 2 amide bonds. The van der Waals surface area contributed by atoms with Crippen molar-refractivity contribution in [3.63, 3.8) is 0 Å². The number of hydrogen-bond acceptors (Lipinski definition) is 8. The van der Waals surface area contributed by atoms with Crippen LogP contribution in [0.2, 0.25) is 10.0 Å².